The SMILES string of the molecule is CC(C)N1C(=O)c2ccc(C(=O)NCCNC(=O)Cc3ccccc3)cc2C1=O. The normalized spacial score (nSPS) is 12.9. The van der Waals surface area contributed by atoms with Gasteiger partial charge in [0.1, 0.15) is 0 Å². The molecule has 0 bridgehead atoms. The van der Waals surface area contributed by atoms with Crippen LogP contribution in [-0.4, -0.2) is 47.7 Å². The highest BCUT2D eigenvalue weighted by atomic mass is 16.2. The number of nitrogens with zero attached hydrogens (tertiary/aromatic N) is 1. The third-order valence-electron chi connectivity index (χ3n) is 4.64. The van der Waals surface area contributed by atoms with Gasteiger partial charge in [-0.3, -0.25) is 24.1 Å². The number of rotatable bonds is 7. The number of hydrogen-bond donors (Lipinski definition) is 2. The van der Waals surface area contributed by atoms with Gasteiger partial charge in [0.15, 0.2) is 0 Å². The van der Waals surface area contributed by atoms with Crippen molar-refractivity contribution in [2.75, 3.05) is 13.1 Å². The lowest BCUT2D eigenvalue weighted by Gasteiger charge is -2.17. The van der Waals surface area contributed by atoms with Crippen molar-refractivity contribution in [1.82, 2.24) is 15.5 Å². The summed E-state index contributed by atoms with van der Waals surface area (Å²) in [6, 6.07) is 13.6. The fourth-order valence-corrected chi connectivity index (χ4v) is 3.19. The van der Waals surface area contributed by atoms with Gasteiger partial charge in [-0.05, 0) is 37.6 Å². The molecule has 2 aromatic carbocycles. The van der Waals surface area contributed by atoms with E-state index < -0.39 is 0 Å². The molecule has 1 aliphatic rings. The van der Waals surface area contributed by atoms with Crippen molar-refractivity contribution in [1.29, 1.82) is 0 Å². The van der Waals surface area contributed by atoms with Crippen LogP contribution in [0.15, 0.2) is 48.5 Å². The molecule has 1 heterocycles. The molecule has 1 aliphatic heterocycles. The molecule has 0 unspecified atom stereocenters. The second kappa shape index (κ2) is 8.68. The van der Waals surface area contributed by atoms with Gasteiger partial charge >= 0.3 is 0 Å². The van der Waals surface area contributed by atoms with Crippen molar-refractivity contribution in [3.63, 3.8) is 0 Å². The van der Waals surface area contributed by atoms with E-state index in [1.165, 1.54) is 23.1 Å². The predicted molar refractivity (Wildman–Crippen MR) is 108 cm³/mol. The van der Waals surface area contributed by atoms with Gasteiger partial charge in [0.2, 0.25) is 5.91 Å². The molecule has 4 amide bonds. The summed E-state index contributed by atoms with van der Waals surface area (Å²) in [6.07, 6.45) is 0.280. The van der Waals surface area contributed by atoms with E-state index in [9.17, 15) is 19.2 Å². The predicted octanol–water partition coefficient (Wildman–Crippen LogP) is 1.78. The van der Waals surface area contributed by atoms with Gasteiger partial charge < -0.3 is 10.6 Å². The summed E-state index contributed by atoms with van der Waals surface area (Å²) in [5, 5.41) is 5.46. The summed E-state index contributed by atoms with van der Waals surface area (Å²) in [6.45, 7) is 4.07. The maximum atomic E-state index is 12.4. The largest absolute Gasteiger partial charge is 0.354 e. The van der Waals surface area contributed by atoms with Gasteiger partial charge in [-0.1, -0.05) is 30.3 Å². The number of amides is 4. The van der Waals surface area contributed by atoms with Crippen LogP contribution in [0.25, 0.3) is 0 Å². The first-order chi connectivity index (χ1) is 13.9. The highest BCUT2D eigenvalue weighted by molar-refractivity contribution is 6.22. The number of fused-ring (bicyclic) bond motifs is 1. The van der Waals surface area contributed by atoms with Crippen LogP contribution in [-0.2, 0) is 11.2 Å². The lowest BCUT2D eigenvalue weighted by molar-refractivity contribution is -0.120. The number of imide groups is 1. The van der Waals surface area contributed by atoms with Gasteiger partial charge in [-0.2, -0.15) is 0 Å². The van der Waals surface area contributed by atoms with E-state index in [2.05, 4.69) is 10.6 Å². The maximum absolute atomic E-state index is 12.4. The molecule has 29 heavy (non-hydrogen) atoms. The monoisotopic (exact) mass is 393 g/mol. The number of carbonyl (C=O) groups is 4. The molecule has 0 saturated heterocycles. The molecule has 2 N–H and O–H groups in total. The molecule has 0 aliphatic carbocycles. The van der Waals surface area contributed by atoms with Gasteiger partial charge in [0.05, 0.1) is 17.5 Å². The minimum absolute atomic E-state index is 0.124. The molecule has 0 fully saturated rings. The van der Waals surface area contributed by atoms with Crippen LogP contribution >= 0.6 is 0 Å². The van der Waals surface area contributed by atoms with Crippen LogP contribution in [0, 0.1) is 0 Å². The summed E-state index contributed by atoms with van der Waals surface area (Å²) >= 11 is 0. The Labute approximate surface area is 169 Å². The van der Waals surface area contributed by atoms with Crippen LogP contribution < -0.4 is 10.6 Å². The van der Waals surface area contributed by atoms with Gasteiger partial charge in [0.25, 0.3) is 17.7 Å². The van der Waals surface area contributed by atoms with Crippen molar-refractivity contribution in [2.24, 2.45) is 0 Å². The molecule has 3 rings (SSSR count). The Morgan fingerprint density at radius 2 is 1.55 bits per heavy atom. The lowest BCUT2D eigenvalue weighted by Crippen LogP contribution is -2.36. The van der Waals surface area contributed by atoms with Crippen LogP contribution in [0.4, 0.5) is 0 Å². The summed E-state index contributed by atoms with van der Waals surface area (Å²) in [5.74, 6) is -1.22. The maximum Gasteiger partial charge on any atom is 0.261 e. The van der Waals surface area contributed by atoms with Crippen molar-refractivity contribution in [3.05, 3.63) is 70.8 Å². The minimum Gasteiger partial charge on any atom is -0.354 e. The Morgan fingerprint density at radius 3 is 2.24 bits per heavy atom. The second-order valence-electron chi connectivity index (χ2n) is 7.10. The van der Waals surface area contributed by atoms with Crippen molar-refractivity contribution >= 4 is 23.6 Å². The third kappa shape index (κ3) is 4.51. The Bertz CT molecular complexity index is 954. The fourth-order valence-electron chi connectivity index (χ4n) is 3.19. The molecule has 0 radical (unpaired) electrons. The zero-order chi connectivity index (χ0) is 21.0. The van der Waals surface area contributed by atoms with E-state index in [1.807, 2.05) is 30.3 Å². The van der Waals surface area contributed by atoms with Crippen LogP contribution in [0.2, 0.25) is 0 Å². The fraction of sp³-hybridized carbons (Fsp3) is 0.273. The molecule has 0 atom stereocenters. The summed E-state index contributed by atoms with van der Waals surface area (Å²) < 4.78 is 0. The Morgan fingerprint density at radius 1 is 0.897 bits per heavy atom. The Hall–Kier alpha value is -3.48. The third-order valence-corrected chi connectivity index (χ3v) is 4.64. The van der Waals surface area contributed by atoms with Gasteiger partial charge in [-0.15, -0.1) is 0 Å². The van der Waals surface area contributed by atoms with Gasteiger partial charge in [-0.25, -0.2) is 0 Å². The number of hydrogen-bond acceptors (Lipinski definition) is 4. The quantitative estimate of drug-likeness (QED) is 0.554. The highest BCUT2D eigenvalue weighted by Gasteiger charge is 2.37. The van der Waals surface area contributed by atoms with E-state index in [4.69, 9.17) is 0 Å². The Kier molecular flexibility index (Phi) is 6.07. The highest BCUT2D eigenvalue weighted by Crippen LogP contribution is 2.25. The second-order valence-corrected chi connectivity index (χ2v) is 7.10. The summed E-state index contributed by atoms with van der Waals surface area (Å²) in [7, 11) is 0. The number of nitrogens with one attached hydrogen (secondary N) is 2. The summed E-state index contributed by atoms with van der Waals surface area (Å²) in [4.78, 5) is 50.2. The van der Waals surface area contributed by atoms with E-state index in [0.29, 0.717) is 17.7 Å². The molecule has 150 valence electrons. The first-order valence-electron chi connectivity index (χ1n) is 9.49. The first kappa shape index (κ1) is 20.3. The molecule has 7 nitrogen and oxygen atoms in total. The first-order valence-corrected chi connectivity index (χ1v) is 9.49. The van der Waals surface area contributed by atoms with E-state index in [0.717, 1.165) is 5.56 Å². The minimum atomic E-state index is -0.386. The zero-order valence-electron chi connectivity index (χ0n) is 16.4. The molecule has 0 aromatic heterocycles. The van der Waals surface area contributed by atoms with Gasteiger partial charge in [0, 0.05) is 24.7 Å². The molecule has 0 saturated carbocycles. The zero-order valence-corrected chi connectivity index (χ0v) is 16.4. The summed E-state index contributed by atoms with van der Waals surface area (Å²) in [5.41, 5.74) is 1.77. The van der Waals surface area contributed by atoms with E-state index in [1.54, 1.807) is 13.8 Å². The van der Waals surface area contributed by atoms with E-state index >= 15 is 0 Å². The molecular weight excluding hydrogens is 370 g/mol. The van der Waals surface area contributed by atoms with Crippen molar-refractivity contribution < 1.29 is 19.2 Å². The van der Waals surface area contributed by atoms with Crippen molar-refractivity contribution in [2.45, 2.75) is 26.3 Å². The van der Waals surface area contributed by atoms with E-state index in [-0.39, 0.29) is 48.2 Å². The number of carbonyl (C=O) groups excluding carboxylic acids is 4. The average Bonchev–Trinajstić information content (AvgIpc) is 2.96. The smallest absolute Gasteiger partial charge is 0.261 e. The van der Waals surface area contributed by atoms with Crippen LogP contribution in [0.5, 0.6) is 0 Å². The molecule has 0 spiro atoms. The average molecular weight is 393 g/mol. The number of benzene rings is 2. The molecule has 2 aromatic rings. The Balaban J connectivity index is 1.51. The standard InChI is InChI=1S/C22H23N3O4/c1-14(2)25-21(28)17-9-8-16(13-18(17)22(25)29)20(27)24-11-10-23-19(26)12-15-6-4-3-5-7-15/h3-9,13-14H,10-12H2,1-2H3,(H,23,26)(H,24,27). The van der Waals surface area contributed by atoms with Crippen molar-refractivity contribution in [3.8, 4) is 0 Å². The van der Waals surface area contributed by atoms with Crippen LogP contribution in [0.3, 0.4) is 0 Å². The lowest BCUT2D eigenvalue weighted by atomic mass is 10.1. The topological polar surface area (TPSA) is 95.6 Å². The molecular formula is C22H23N3O4. The van der Waals surface area contributed by atoms with Crippen LogP contribution in [0.1, 0.15) is 50.5 Å². The molecule has 7 heteroatoms.